The van der Waals surface area contributed by atoms with E-state index in [0.29, 0.717) is 28.5 Å². The average molecular weight is 439 g/mol. The van der Waals surface area contributed by atoms with Gasteiger partial charge in [-0.15, -0.1) is 0 Å². The van der Waals surface area contributed by atoms with Crippen molar-refractivity contribution in [1.82, 2.24) is 19.7 Å². The standard InChI is InChI=1S/C25H21N5O3/c1-15(2)19-14-23(31)28-25(26-19)30-22(13-20(29-30)21-8-5-11-33-21)27-24(32)18-10-9-16-6-3-4-7-17(16)12-18/h3-15H,1-2H3,(H,27,32)(H,26,28,31). The lowest BCUT2D eigenvalue weighted by molar-refractivity contribution is 0.102. The van der Waals surface area contributed by atoms with Gasteiger partial charge in [-0.2, -0.15) is 9.78 Å². The summed E-state index contributed by atoms with van der Waals surface area (Å²) in [7, 11) is 0. The van der Waals surface area contributed by atoms with Crippen LogP contribution in [0.5, 0.6) is 0 Å². The highest BCUT2D eigenvalue weighted by Gasteiger charge is 2.18. The number of amides is 1. The van der Waals surface area contributed by atoms with E-state index in [2.05, 4.69) is 20.4 Å². The molecular weight excluding hydrogens is 418 g/mol. The van der Waals surface area contributed by atoms with Crippen LogP contribution in [-0.2, 0) is 0 Å². The Hall–Kier alpha value is -4.46. The first-order valence-electron chi connectivity index (χ1n) is 10.5. The van der Waals surface area contributed by atoms with Gasteiger partial charge < -0.3 is 9.73 Å². The summed E-state index contributed by atoms with van der Waals surface area (Å²) >= 11 is 0. The molecule has 0 saturated heterocycles. The van der Waals surface area contributed by atoms with Crippen molar-refractivity contribution in [2.45, 2.75) is 19.8 Å². The number of aromatic amines is 1. The maximum atomic E-state index is 13.1. The fourth-order valence-electron chi connectivity index (χ4n) is 3.55. The van der Waals surface area contributed by atoms with E-state index in [1.54, 1.807) is 30.5 Å². The second-order valence-corrected chi connectivity index (χ2v) is 7.97. The van der Waals surface area contributed by atoms with Gasteiger partial charge in [0.2, 0.25) is 5.95 Å². The number of fused-ring (bicyclic) bond motifs is 1. The zero-order chi connectivity index (χ0) is 22.9. The molecule has 0 spiro atoms. The summed E-state index contributed by atoms with van der Waals surface area (Å²) in [6, 6.07) is 20.0. The van der Waals surface area contributed by atoms with Crippen molar-refractivity contribution in [1.29, 1.82) is 0 Å². The van der Waals surface area contributed by atoms with E-state index in [1.165, 1.54) is 10.7 Å². The number of aromatic nitrogens is 4. The van der Waals surface area contributed by atoms with Gasteiger partial charge in [-0.05, 0) is 41.0 Å². The summed E-state index contributed by atoms with van der Waals surface area (Å²) in [4.78, 5) is 32.6. The number of anilines is 1. The molecule has 0 radical (unpaired) electrons. The number of rotatable bonds is 5. The van der Waals surface area contributed by atoms with Crippen LogP contribution in [0, 0.1) is 0 Å². The molecule has 0 fully saturated rings. The predicted molar refractivity (Wildman–Crippen MR) is 126 cm³/mol. The van der Waals surface area contributed by atoms with Crippen molar-refractivity contribution < 1.29 is 9.21 Å². The number of hydrogen-bond donors (Lipinski definition) is 2. The predicted octanol–water partition coefficient (Wildman–Crippen LogP) is 4.74. The van der Waals surface area contributed by atoms with Crippen LogP contribution in [0.3, 0.4) is 0 Å². The minimum absolute atomic E-state index is 0.0433. The molecule has 0 unspecified atom stereocenters. The number of carbonyl (C=O) groups excluding carboxylic acids is 1. The van der Waals surface area contributed by atoms with Gasteiger partial charge in [-0.1, -0.05) is 44.2 Å². The highest BCUT2D eigenvalue weighted by Crippen LogP contribution is 2.25. The summed E-state index contributed by atoms with van der Waals surface area (Å²) < 4.78 is 6.87. The Morgan fingerprint density at radius 2 is 1.85 bits per heavy atom. The number of hydrogen-bond acceptors (Lipinski definition) is 5. The second kappa shape index (κ2) is 8.23. The number of benzene rings is 2. The third kappa shape index (κ3) is 4.06. The molecule has 5 rings (SSSR count). The highest BCUT2D eigenvalue weighted by atomic mass is 16.3. The molecule has 0 atom stereocenters. The van der Waals surface area contributed by atoms with Crippen LogP contribution < -0.4 is 10.9 Å². The van der Waals surface area contributed by atoms with Crippen LogP contribution in [0.25, 0.3) is 28.2 Å². The maximum absolute atomic E-state index is 13.1. The minimum Gasteiger partial charge on any atom is -0.463 e. The van der Waals surface area contributed by atoms with Crippen molar-refractivity contribution in [2.75, 3.05) is 5.32 Å². The van der Waals surface area contributed by atoms with Crippen LogP contribution in [0.1, 0.15) is 35.8 Å². The lowest BCUT2D eigenvalue weighted by atomic mass is 10.1. The maximum Gasteiger partial charge on any atom is 0.256 e. The first-order chi connectivity index (χ1) is 16.0. The number of nitrogens with zero attached hydrogens (tertiary/aromatic N) is 3. The Bertz CT molecular complexity index is 1510. The first-order valence-corrected chi connectivity index (χ1v) is 10.5. The number of furan rings is 1. The van der Waals surface area contributed by atoms with Crippen LogP contribution in [0.2, 0.25) is 0 Å². The molecule has 0 bridgehead atoms. The zero-order valence-corrected chi connectivity index (χ0v) is 18.1. The molecule has 2 N–H and O–H groups in total. The summed E-state index contributed by atoms with van der Waals surface area (Å²) in [6.45, 7) is 3.90. The summed E-state index contributed by atoms with van der Waals surface area (Å²) in [5.41, 5.74) is 1.31. The smallest absolute Gasteiger partial charge is 0.256 e. The molecule has 8 nitrogen and oxygen atoms in total. The molecule has 33 heavy (non-hydrogen) atoms. The zero-order valence-electron chi connectivity index (χ0n) is 18.1. The molecule has 1 amide bonds. The topological polar surface area (TPSA) is 106 Å². The fraction of sp³-hybridized carbons (Fsp3) is 0.120. The lowest BCUT2D eigenvalue weighted by Gasteiger charge is -2.10. The molecule has 8 heteroatoms. The van der Waals surface area contributed by atoms with Gasteiger partial charge in [0, 0.05) is 17.7 Å². The van der Waals surface area contributed by atoms with Gasteiger partial charge in [0.25, 0.3) is 11.5 Å². The first kappa shape index (κ1) is 20.4. The van der Waals surface area contributed by atoms with Crippen molar-refractivity contribution in [3.63, 3.8) is 0 Å². The molecule has 164 valence electrons. The van der Waals surface area contributed by atoms with Gasteiger partial charge in [-0.3, -0.25) is 14.6 Å². The van der Waals surface area contributed by atoms with Crippen LogP contribution in [0.15, 0.2) is 82.2 Å². The second-order valence-electron chi connectivity index (χ2n) is 7.97. The van der Waals surface area contributed by atoms with Crippen molar-refractivity contribution in [3.8, 4) is 17.4 Å². The van der Waals surface area contributed by atoms with Crippen molar-refractivity contribution in [2.24, 2.45) is 0 Å². The molecule has 0 aliphatic rings. The summed E-state index contributed by atoms with van der Waals surface area (Å²) in [5, 5.41) is 9.45. The van der Waals surface area contributed by atoms with E-state index in [9.17, 15) is 9.59 Å². The third-order valence-electron chi connectivity index (χ3n) is 5.28. The fourth-order valence-corrected chi connectivity index (χ4v) is 3.55. The Kier molecular flexibility index (Phi) is 5.10. The van der Waals surface area contributed by atoms with Gasteiger partial charge in [0.1, 0.15) is 11.5 Å². The van der Waals surface area contributed by atoms with E-state index in [-0.39, 0.29) is 23.3 Å². The van der Waals surface area contributed by atoms with Gasteiger partial charge in [0.15, 0.2) is 5.76 Å². The van der Waals surface area contributed by atoms with E-state index in [1.807, 2.05) is 50.2 Å². The number of H-pyrrole nitrogens is 1. The van der Waals surface area contributed by atoms with Gasteiger partial charge in [-0.25, -0.2) is 4.98 Å². The molecule has 3 aromatic heterocycles. The van der Waals surface area contributed by atoms with Crippen LogP contribution in [-0.4, -0.2) is 25.7 Å². The molecule has 0 aliphatic carbocycles. The lowest BCUT2D eigenvalue weighted by Crippen LogP contribution is -2.19. The van der Waals surface area contributed by atoms with Crippen LogP contribution >= 0.6 is 0 Å². The molecule has 2 aromatic carbocycles. The average Bonchev–Trinajstić information content (AvgIpc) is 3.48. The SMILES string of the molecule is CC(C)c1cc(=O)[nH]c(-n2nc(-c3ccco3)cc2NC(=O)c2ccc3ccccc3c2)n1. The normalized spacial score (nSPS) is 11.2. The number of nitrogens with one attached hydrogen (secondary N) is 2. The third-order valence-corrected chi connectivity index (χ3v) is 5.28. The Morgan fingerprint density at radius 3 is 2.61 bits per heavy atom. The number of carbonyl (C=O) groups is 1. The monoisotopic (exact) mass is 439 g/mol. The Labute approximate surface area is 188 Å². The Balaban J connectivity index is 1.57. The van der Waals surface area contributed by atoms with Crippen molar-refractivity contribution in [3.05, 3.63) is 94.6 Å². The summed E-state index contributed by atoms with van der Waals surface area (Å²) in [6.07, 6.45) is 1.54. The molecule has 3 heterocycles. The van der Waals surface area contributed by atoms with Crippen LogP contribution in [0.4, 0.5) is 5.82 Å². The van der Waals surface area contributed by atoms with Gasteiger partial charge in [0.05, 0.1) is 12.0 Å². The molecular formula is C25H21N5O3. The van der Waals surface area contributed by atoms with E-state index >= 15 is 0 Å². The van der Waals surface area contributed by atoms with E-state index in [4.69, 9.17) is 4.42 Å². The molecule has 0 aliphatic heterocycles. The highest BCUT2D eigenvalue weighted by molar-refractivity contribution is 6.06. The molecule has 5 aromatic rings. The van der Waals surface area contributed by atoms with E-state index < -0.39 is 0 Å². The largest absolute Gasteiger partial charge is 0.463 e. The van der Waals surface area contributed by atoms with Gasteiger partial charge >= 0.3 is 0 Å². The minimum atomic E-state index is -0.310. The van der Waals surface area contributed by atoms with E-state index in [0.717, 1.165) is 10.8 Å². The quantitative estimate of drug-likeness (QED) is 0.411. The molecule has 0 saturated carbocycles. The Morgan fingerprint density at radius 1 is 1.03 bits per heavy atom. The summed E-state index contributed by atoms with van der Waals surface area (Å²) in [5.74, 6) is 0.816. The van der Waals surface area contributed by atoms with Crippen molar-refractivity contribution >= 4 is 22.5 Å².